The Morgan fingerprint density at radius 2 is 2.38 bits per heavy atom. The van der Waals surface area contributed by atoms with E-state index in [1.807, 2.05) is 0 Å². The second-order valence-corrected chi connectivity index (χ2v) is 3.31. The Balaban J connectivity index is 2.22. The second-order valence-electron chi connectivity index (χ2n) is 3.31. The molecule has 1 aliphatic rings. The van der Waals surface area contributed by atoms with Crippen LogP contribution in [-0.2, 0) is 0 Å². The first kappa shape index (κ1) is 9.84. The first-order valence-electron chi connectivity index (χ1n) is 4.49. The van der Waals surface area contributed by atoms with Crippen LogP contribution in [0.2, 0.25) is 0 Å². The van der Waals surface area contributed by atoms with Crippen LogP contribution in [0.3, 0.4) is 0 Å². The molecule has 13 heavy (non-hydrogen) atoms. The van der Waals surface area contributed by atoms with Gasteiger partial charge in [0.05, 0.1) is 0 Å². The summed E-state index contributed by atoms with van der Waals surface area (Å²) >= 11 is 0. The predicted molar refractivity (Wildman–Crippen MR) is 51.7 cm³/mol. The molecule has 0 aromatic heterocycles. The Morgan fingerprint density at radius 3 is 3.00 bits per heavy atom. The highest BCUT2D eigenvalue weighted by Gasteiger charge is 2.03. The zero-order valence-corrected chi connectivity index (χ0v) is 7.84. The highest BCUT2D eigenvalue weighted by Crippen LogP contribution is 2.19. The molecule has 0 atom stereocenters. The van der Waals surface area contributed by atoms with Gasteiger partial charge in [-0.1, -0.05) is 23.3 Å². The van der Waals surface area contributed by atoms with Crippen molar-refractivity contribution >= 4 is 6.09 Å². The number of amides is 1. The summed E-state index contributed by atoms with van der Waals surface area (Å²) in [6.45, 7) is 2.63. The minimum atomic E-state index is -0.941. The van der Waals surface area contributed by atoms with Crippen molar-refractivity contribution in [2.24, 2.45) is 0 Å². The molecule has 0 unspecified atom stereocenters. The molecule has 2 N–H and O–H groups in total. The molecule has 3 heteroatoms. The summed E-state index contributed by atoms with van der Waals surface area (Å²) in [5.74, 6) is 0. The zero-order chi connectivity index (χ0) is 9.68. The van der Waals surface area contributed by atoms with Crippen molar-refractivity contribution in [3.8, 4) is 0 Å². The molecule has 0 saturated heterocycles. The lowest BCUT2D eigenvalue weighted by atomic mass is 9.97. The standard InChI is InChI=1S/C10H15NO2/c1-8-3-2-4-9(7-8)5-6-11-10(12)13/h3-4,11H,2,5-7H2,1H3,(H,12,13). The quantitative estimate of drug-likeness (QED) is 0.656. The van der Waals surface area contributed by atoms with Crippen molar-refractivity contribution < 1.29 is 9.90 Å². The lowest BCUT2D eigenvalue weighted by molar-refractivity contribution is 0.194. The van der Waals surface area contributed by atoms with Crippen LogP contribution in [0.4, 0.5) is 4.79 Å². The highest BCUT2D eigenvalue weighted by atomic mass is 16.4. The highest BCUT2D eigenvalue weighted by molar-refractivity contribution is 5.64. The Kier molecular flexibility index (Phi) is 3.55. The van der Waals surface area contributed by atoms with Gasteiger partial charge < -0.3 is 10.4 Å². The van der Waals surface area contributed by atoms with Crippen molar-refractivity contribution in [3.05, 3.63) is 23.3 Å². The smallest absolute Gasteiger partial charge is 0.404 e. The fraction of sp³-hybridized carbons (Fsp3) is 0.500. The van der Waals surface area contributed by atoms with Gasteiger partial charge in [0.25, 0.3) is 0 Å². The third-order valence-electron chi connectivity index (χ3n) is 2.10. The van der Waals surface area contributed by atoms with Crippen LogP contribution in [0, 0.1) is 0 Å². The summed E-state index contributed by atoms with van der Waals surface area (Å²) in [5.41, 5.74) is 2.72. The summed E-state index contributed by atoms with van der Waals surface area (Å²) in [4.78, 5) is 10.2. The van der Waals surface area contributed by atoms with E-state index in [-0.39, 0.29) is 0 Å². The van der Waals surface area contributed by atoms with Gasteiger partial charge in [-0.15, -0.1) is 0 Å². The van der Waals surface area contributed by atoms with Gasteiger partial charge in [0.15, 0.2) is 0 Å². The molecule has 0 aromatic carbocycles. The monoisotopic (exact) mass is 181 g/mol. The van der Waals surface area contributed by atoms with Crippen molar-refractivity contribution in [1.82, 2.24) is 5.32 Å². The molecule has 72 valence electrons. The van der Waals surface area contributed by atoms with E-state index in [4.69, 9.17) is 5.11 Å². The minimum absolute atomic E-state index is 0.522. The molecule has 0 fully saturated rings. The number of rotatable bonds is 3. The lowest BCUT2D eigenvalue weighted by Crippen LogP contribution is -2.22. The van der Waals surface area contributed by atoms with E-state index in [2.05, 4.69) is 24.4 Å². The topological polar surface area (TPSA) is 49.3 Å². The van der Waals surface area contributed by atoms with Crippen LogP contribution in [0.15, 0.2) is 23.3 Å². The maximum absolute atomic E-state index is 10.2. The number of hydrogen-bond acceptors (Lipinski definition) is 1. The molecular weight excluding hydrogens is 166 g/mol. The van der Waals surface area contributed by atoms with Gasteiger partial charge in [0, 0.05) is 6.54 Å². The number of hydrogen-bond donors (Lipinski definition) is 2. The van der Waals surface area contributed by atoms with E-state index >= 15 is 0 Å². The fourth-order valence-corrected chi connectivity index (χ4v) is 1.45. The molecule has 0 aliphatic heterocycles. The molecule has 1 aliphatic carbocycles. The van der Waals surface area contributed by atoms with Crippen LogP contribution in [-0.4, -0.2) is 17.7 Å². The Hall–Kier alpha value is -1.25. The molecule has 0 radical (unpaired) electrons. The number of carbonyl (C=O) groups is 1. The molecule has 0 aromatic rings. The van der Waals surface area contributed by atoms with Gasteiger partial charge in [-0.25, -0.2) is 4.79 Å². The molecule has 1 amide bonds. The third-order valence-corrected chi connectivity index (χ3v) is 2.10. The average Bonchev–Trinajstić information content (AvgIpc) is 2.03. The Bertz CT molecular complexity index is 254. The summed E-state index contributed by atoms with van der Waals surface area (Å²) < 4.78 is 0. The third kappa shape index (κ3) is 3.78. The van der Waals surface area contributed by atoms with Crippen LogP contribution in [0.1, 0.15) is 26.2 Å². The summed E-state index contributed by atoms with van der Waals surface area (Å²) in [6.07, 6.45) is 6.26. The van der Waals surface area contributed by atoms with E-state index in [1.165, 1.54) is 11.1 Å². The molecular formula is C10H15NO2. The maximum atomic E-state index is 10.2. The van der Waals surface area contributed by atoms with E-state index in [0.29, 0.717) is 6.54 Å². The molecule has 1 rings (SSSR count). The molecule has 0 spiro atoms. The van der Waals surface area contributed by atoms with Crippen LogP contribution < -0.4 is 5.32 Å². The predicted octanol–water partition coefficient (Wildman–Crippen LogP) is 2.31. The second kappa shape index (κ2) is 4.70. The molecule has 0 bridgehead atoms. The molecule has 0 heterocycles. The normalized spacial score (nSPS) is 16.1. The van der Waals surface area contributed by atoms with E-state index in [1.54, 1.807) is 0 Å². The molecule has 3 nitrogen and oxygen atoms in total. The van der Waals surface area contributed by atoms with Gasteiger partial charge in [-0.2, -0.15) is 0 Å². The number of allylic oxidation sites excluding steroid dienone is 3. The Morgan fingerprint density at radius 1 is 1.62 bits per heavy atom. The van der Waals surface area contributed by atoms with Gasteiger partial charge in [-0.3, -0.25) is 0 Å². The largest absolute Gasteiger partial charge is 0.465 e. The minimum Gasteiger partial charge on any atom is -0.465 e. The SMILES string of the molecule is CC1=CCC=C(CCNC(=O)O)C1. The van der Waals surface area contributed by atoms with Gasteiger partial charge in [0.1, 0.15) is 0 Å². The van der Waals surface area contributed by atoms with Crippen molar-refractivity contribution in [2.75, 3.05) is 6.54 Å². The summed E-state index contributed by atoms with van der Waals surface area (Å²) in [7, 11) is 0. The lowest BCUT2D eigenvalue weighted by Gasteiger charge is -2.11. The Labute approximate surface area is 78.1 Å². The number of nitrogens with one attached hydrogen (secondary N) is 1. The number of carboxylic acid groups (broad SMARTS) is 1. The average molecular weight is 181 g/mol. The molecule has 0 saturated carbocycles. The van der Waals surface area contributed by atoms with E-state index in [9.17, 15) is 4.79 Å². The van der Waals surface area contributed by atoms with Crippen LogP contribution in [0.5, 0.6) is 0 Å². The van der Waals surface area contributed by atoms with Gasteiger partial charge >= 0.3 is 6.09 Å². The fourth-order valence-electron chi connectivity index (χ4n) is 1.45. The van der Waals surface area contributed by atoms with Crippen molar-refractivity contribution in [3.63, 3.8) is 0 Å². The van der Waals surface area contributed by atoms with E-state index in [0.717, 1.165) is 19.3 Å². The maximum Gasteiger partial charge on any atom is 0.404 e. The zero-order valence-electron chi connectivity index (χ0n) is 7.84. The first-order valence-corrected chi connectivity index (χ1v) is 4.49. The van der Waals surface area contributed by atoms with E-state index < -0.39 is 6.09 Å². The van der Waals surface area contributed by atoms with Gasteiger partial charge in [0.2, 0.25) is 0 Å². The summed E-state index contributed by atoms with van der Waals surface area (Å²) in [6, 6.07) is 0. The van der Waals surface area contributed by atoms with Crippen LogP contribution in [0.25, 0.3) is 0 Å². The van der Waals surface area contributed by atoms with Crippen molar-refractivity contribution in [2.45, 2.75) is 26.2 Å². The summed E-state index contributed by atoms with van der Waals surface area (Å²) in [5, 5.41) is 10.7. The van der Waals surface area contributed by atoms with Crippen LogP contribution >= 0.6 is 0 Å². The van der Waals surface area contributed by atoms with Crippen molar-refractivity contribution in [1.29, 1.82) is 0 Å². The van der Waals surface area contributed by atoms with Gasteiger partial charge in [-0.05, 0) is 26.2 Å². The first-order chi connectivity index (χ1) is 6.18.